The summed E-state index contributed by atoms with van der Waals surface area (Å²) in [6.45, 7) is 2.15. The van der Waals surface area contributed by atoms with Crippen molar-refractivity contribution in [3.63, 3.8) is 0 Å². The van der Waals surface area contributed by atoms with Gasteiger partial charge in [0, 0.05) is 0 Å². The van der Waals surface area contributed by atoms with Gasteiger partial charge in [-0.3, -0.25) is 0 Å². The SMILES string of the molecule is CCCC[SiH](N)Cl. The Bertz CT molecular complexity index is 40.7. The van der Waals surface area contributed by atoms with Crippen LogP contribution in [-0.4, -0.2) is 8.27 Å². The first-order valence-electron chi connectivity index (χ1n) is 2.67. The Morgan fingerprint density at radius 3 is 2.43 bits per heavy atom. The Labute approximate surface area is 51.2 Å². The standard InChI is InChI=1S/C4H12ClNSi/c1-2-3-4-7(5)6/h7H,2-4,6H2,1H3. The molecule has 3 heteroatoms. The molecule has 0 amide bonds. The average Bonchev–Trinajstić information content (AvgIpc) is 1.61. The molecule has 2 N–H and O–H groups in total. The van der Waals surface area contributed by atoms with Crippen molar-refractivity contribution in [3.8, 4) is 0 Å². The molecule has 0 spiro atoms. The fraction of sp³-hybridized carbons (Fsp3) is 1.00. The van der Waals surface area contributed by atoms with Crippen LogP contribution in [0, 0.1) is 0 Å². The summed E-state index contributed by atoms with van der Waals surface area (Å²) in [5.41, 5.74) is 0. The van der Waals surface area contributed by atoms with E-state index in [9.17, 15) is 0 Å². The van der Waals surface area contributed by atoms with E-state index in [4.69, 9.17) is 16.5 Å². The maximum absolute atomic E-state index is 5.57. The lowest BCUT2D eigenvalue weighted by Gasteiger charge is -1.94. The molecule has 44 valence electrons. The average molecular weight is 138 g/mol. The third kappa shape index (κ3) is 6.47. The fourth-order valence-electron chi connectivity index (χ4n) is 0.399. The van der Waals surface area contributed by atoms with Crippen molar-refractivity contribution in [1.82, 2.24) is 0 Å². The topological polar surface area (TPSA) is 26.0 Å². The van der Waals surface area contributed by atoms with Gasteiger partial charge < -0.3 is 5.40 Å². The van der Waals surface area contributed by atoms with Crippen LogP contribution >= 0.6 is 11.1 Å². The van der Waals surface area contributed by atoms with Gasteiger partial charge in [0.2, 0.25) is 8.27 Å². The first-order chi connectivity index (χ1) is 3.27. The molecule has 0 aromatic carbocycles. The number of hydrogen-bond donors (Lipinski definition) is 1. The van der Waals surface area contributed by atoms with Gasteiger partial charge in [-0.2, -0.15) is 11.1 Å². The first-order valence-corrected chi connectivity index (χ1v) is 5.90. The van der Waals surface area contributed by atoms with Crippen molar-refractivity contribution in [1.29, 1.82) is 0 Å². The molecule has 0 saturated heterocycles. The van der Waals surface area contributed by atoms with Crippen LogP contribution in [0.3, 0.4) is 0 Å². The molecular weight excluding hydrogens is 126 g/mol. The van der Waals surface area contributed by atoms with E-state index in [2.05, 4.69) is 6.92 Å². The molecule has 0 aromatic heterocycles. The van der Waals surface area contributed by atoms with Gasteiger partial charge in [-0.1, -0.05) is 19.8 Å². The molecule has 1 atom stereocenters. The monoisotopic (exact) mass is 137 g/mol. The summed E-state index contributed by atoms with van der Waals surface area (Å²) in [5.74, 6) is 0. The zero-order valence-electron chi connectivity index (χ0n) is 4.65. The summed E-state index contributed by atoms with van der Waals surface area (Å²) < 4.78 is 0. The van der Waals surface area contributed by atoms with Gasteiger partial charge >= 0.3 is 0 Å². The summed E-state index contributed by atoms with van der Waals surface area (Å²) in [4.78, 5) is 0. The number of unbranched alkanes of at least 4 members (excludes halogenated alkanes) is 1. The Morgan fingerprint density at radius 1 is 1.71 bits per heavy atom. The van der Waals surface area contributed by atoms with E-state index in [1.54, 1.807) is 0 Å². The number of rotatable bonds is 3. The van der Waals surface area contributed by atoms with E-state index in [1.165, 1.54) is 12.8 Å². The second-order valence-electron chi connectivity index (χ2n) is 1.66. The lowest BCUT2D eigenvalue weighted by Crippen LogP contribution is -2.16. The number of halogens is 1. The van der Waals surface area contributed by atoms with Gasteiger partial charge in [0.25, 0.3) is 0 Å². The van der Waals surface area contributed by atoms with Crippen LogP contribution in [0.15, 0.2) is 0 Å². The zero-order valence-corrected chi connectivity index (χ0v) is 6.56. The molecule has 0 aliphatic rings. The molecule has 7 heavy (non-hydrogen) atoms. The van der Waals surface area contributed by atoms with Crippen LogP contribution in [0.5, 0.6) is 0 Å². The molecular formula is C4H12ClNSi. The molecule has 0 radical (unpaired) electrons. The fourth-order valence-corrected chi connectivity index (χ4v) is 1.66. The third-order valence-electron chi connectivity index (χ3n) is 0.833. The summed E-state index contributed by atoms with van der Waals surface area (Å²) in [6.07, 6.45) is 2.42. The number of hydrogen-bond acceptors (Lipinski definition) is 1. The maximum atomic E-state index is 5.57. The lowest BCUT2D eigenvalue weighted by atomic mass is 10.4. The van der Waals surface area contributed by atoms with Gasteiger partial charge in [0.15, 0.2) is 0 Å². The molecule has 0 saturated carbocycles. The number of nitrogens with two attached hydrogens (primary N) is 1. The largest absolute Gasteiger partial charge is 0.341 e. The lowest BCUT2D eigenvalue weighted by molar-refractivity contribution is 0.877. The van der Waals surface area contributed by atoms with Crippen molar-refractivity contribution < 1.29 is 0 Å². The van der Waals surface area contributed by atoms with Crippen molar-refractivity contribution in [2.75, 3.05) is 0 Å². The second-order valence-corrected chi connectivity index (χ2v) is 4.95. The minimum atomic E-state index is -1.22. The third-order valence-corrected chi connectivity index (χ3v) is 2.45. The molecule has 0 fully saturated rings. The van der Waals surface area contributed by atoms with Crippen LogP contribution in [0.2, 0.25) is 6.04 Å². The molecule has 1 nitrogen and oxygen atoms in total. The van der Waals surface area contributed by atoms with Crippen LogP contribution < -0.4 is 5.40 Å². The van der Waals surface area contributed by atoms with Crippen LogP contribution in [0.25, 0.3) is 0 Å². The Kier molecular flexibility index (Phi) is 4.93. The Balaban J connectivity index is 2.68. The molecule has 0 aliphatic carbocycles. The molecule has 1 unspecified atom stereocenters. The normalized spacial score (nSPS) is 14.1. The predicted molar refractivity (Wildman–Crippen MR) is 36.9 cm³/mol. The van der Waals surface area contributed by atoms with Gasteiger partial charge in [0.05, 0.1) is 0 Å². The minimum Gasteiger partial charge on any atom is -0.341 e. The van der Waals surface area contributed by atoms with Crippen LogP contribution in [0.1, 0.15) is 19.8 Å². The predicted octanol–water partition coefficient (Wildman–Crippen LogP) is 1.20. The summed E-state index contributed by atoms with van der Waals surface area (Å²) in [6, 6.07) is 1.08. The molecule has 0 aromatic rings. The summed E-state index contributed by atoms with van der Waals surface area (Å²) in [7, 11) is -1.22. The van der Waals surface area contributed by atoms with E-state index in [-0.39, 0.29) is 0 Å². The quantitative estimate of drug-likeness (QED) is 0.459. The first kappa shape index (κ1) is 7.47. The molecule has 0 rings (SSSR count). The minimum absolute atomic E-state index is 1.08. The Morgan fingerprint density at radius 2 is 2.29 bits per heavy atom. The smallest absolute Gasteiger partial charge is 0.208 e. The van der Waals surface area contributed by atoms with Crippen molar-refractivity contribution in [2.24, 2.45) is 5.40 Å². The van der Waals surface area contributed by atoms with Crippen LogP contribution in [0.4, 0.5) is 0 Å². The van der Waals surface area contributed by atoms with Crippen LogP contribution in [-0.2, 0) is 0 Å². The van der Waals surface area contributed by atoms with Crippen molar-refractivity contribution in [2.45, 2.75) is 25.8 Å². The van der Waals surface area contributed by atoms with E-state index in [1.807, 2.05) is 0 Å². The van der Waals surface area contributed by atoms with E-state index in [0.29, 0.717) is 0 Å². The highest BCUT2D eigenvalue weighted by Gasteiger charge is 1.94. The van der Waals surface area contributed by atoms with Gasteiger partial charge in [-0.05, 0) is 6.04 Å². The Hall–Kier alpha value is 0.467. The highest BCUT2D eigenvalue weighted by atomic mass is 35.6. The molecule has 0 aliphatic heterocycles. The maximum Gasteiger partial charge on any atom is 0.208 e. The molecule has 0 heterocycles. The van der Waals surface area contributed by atoms with Gasteiger partial charge in [-0.25, -0.2) is 0 Å². The van der Waals surface area contributed by atoms with Gasteiger partial charge in [0.1, 0.15) is 0 Å². The summed E-state index contributed by atoms with van der Waals surface area (Å²) >= 11 is 5.57. The highest BCUT2D eigenvalue weighted by Crippen LogP contribution is 1.98. The van der Waals surface area contributed by atoms with Gasteiger partial charge in [-0.15, -0.1) is 0 Å². The zero-order chi connectivity index (χ0) is 5.70. The summed E-state index contributed by atoms with van der Waals surface area (Å²) in [5, 5.41) is 5.38. The van der Waals surface area contributed by atoms with Crippen molar-refractivity contribution in [3.05, 3.63) is 0 Å². The van der Waals surface area contributed by atoms with Crippen molar-refractivity contribution >= 4 is 19.3 Å². The van der Waals surface area contributed by atoms with E-state index < -0.39 is 8.27 Å². The van der Waals surface area contributed by atoms with E-state index in [0.717, 1.165) is 6.04 Å². The molecule has 0 bridgehead atoms. The highest BCUT2D eigenvalue weighted by molar-refractivity contribution is 7.05. The second kappa shape index (κ2) is 4.62. The van der Waals surface area contributed by atoms with E-state index >= 15 is 0 Å².